The van der Waals surface area contributed by atoms with Crippen LogP contribution in [0.3, 0.4) is 0 Å². The average molecular weight is 227 g/mol. The van der Waals surface area contributed by atoms with Crippen molar-refractivity contribution in [3.8, 4) is 0 Å². The third kappa shape index (κ3) is 2.76. The largest absolute Gasteiger partial charge is 0.381 e. The van der Waals surface area contributed by atoms with E-state index >= 15 is 0 Å². The van der Waals surface area contributed by atoms with Crippen molar-refractivity contribution in [2.45, 2.75) is 57.8 Å². The Morgan fingerprint density at radius 3 is 2.50 bits per heavy atom. The van der Waals surface area contributed by atoms with E-state index in [1.54, 1.807) is 0 Å². The lowest BCUT2D eigenvalue weighted by Gasteiger charge is -2.28. The molecule has 3 nitrogen and oxygen atoms in total. The lowest BCUT2D eigenvalue weighted by Crippen LogP contribution is -2.45. The van der Waals surface area contributed by atoms with Crippen molar-refractivity contribution in [1.29, 1.82) is 0 Å². The van der Waals surface area contributed by atoms with Crippen LogP contribution in [-0.2, 0) is 9.47 Å². The normalized spacial score (nSPS) is 36.8. The Kier molecular flexibility index (Phi) is 3.30. The molecule has 3 heteroatoms. The summed E-state index contributed by atoms with van der Waals surface area (Å²) in [6.45, 7) is 11.6. The fourth-order valence-corrected chi connectivity index (χ4v) is 2.93. The lowest BCUT2D eigenvalue weighted by atomic mass is 9.94. The highest BCUT2D eigenvalue weighted by atomic mass is 16.5. The van der Waals surface area contributed by atoms with Gasteiger partial charge in [0.2, 0.25) is 0 Å². The lowest BCUT2D eigenvalue weighted by molar-refractivity contribution is -0.0699. The van der Waals surface area contributed by atoms with E-state index < -0.39 is 0 Å². The van der Waals surface area contributed by atoms with E-state index in [-0.39, 0.29) is 11.2 Å². The van der Waals surface area contributed by atoms with Gasteiger partial charge in [-0.15, -0.1) is 0 Å². The van der Waals surface area contributed by atoms with Crippen LogP contribution in [0.15, 0.2) is 0 Å². The number of nitrogens with one attached hydrogen (secondary N) is 1. The fraction of sp³-hybridized carbons (Fsp3) is 1.00. The molecule has 2 heterocycles. The Balaban J connectivity index is 1.84. The second-order valence-corrected chi connectivity index (χ2v) is 6.36. The van der Waals surface area contributed by atoms with Gasteiger partial charge in [-0.2, -0.15) is 0 Å². The summed E-state index contributed by atoms with van der Waals surface area (Å²) in [5.41, 5.74) is -0.0453. The van der Waals surface area contributed by atoms with Gasteiger partial charge in [-0.1, -0.05) is 0 Å². The van der Waals surface area contributed by atoms with Crippen LogP contribution in [0.25, 0.3) is 0 Å². The van der Waals surface area contributed by atoms with E-state index in [2.05, 4.69) is 33.0 Å². The molecule has 1 N–H and O–H groups in total. The number of ether oxygens (including phenoxy) is 2. The maximum absolute atomic E-state index is 6.07. The Bertz CT molecular complexity index is 244. The van der Waals surface area contributed by atoms with Crippen molar-refractivity contribution in [2.75, 3.05) is 19.8 Å². The molecule has 0 amide bonds. The first-order valence-electron chi connectivity index (χ1n) is 6.40. The number of rotatable bonds is 3. The van der Waals surface area contributed by atoms with Crippen molar-refractivity contribution in [2.24, 2.45) is 5.92 Å². The highest BCUT2D eigenvalue weighted by molar-refractivity contribution is 4.99. The molecule has 0 aromatic heterocycles. The topological polar surface area (TPSA) is 30.5 Å². The molecule has 2 unspecified atom stereocenters. The monoisotopic (exact) mass is 227 g/mol. The molecule has 0 bridgehead atoms. The Hall–Kier alpha value is -0.120. The predicted octanol–water partition coefficient (Wildman–Crippen LogP) is 1.96. The van der Waals surface area contributed by atoms with Crippen LogP contribution in [0.5, 0.6) is 0 Å². The van der Waals surface area contributed by atoms with Crippen LogP contribution in [0.1, 0.15) is 40.5 Å². The van der Waals surface area contributed by atoms with Crippen LogP contribution in [0.2, 0.25) is 0 Å². The van der Waals surface area contributed by atoms with Gasteiger partial charge in [0, 0.05) is 19.2 Å². The number of hydrogen-bond donors (Lipinski definition) is 1. The molecular formula is C13H25NO2. The summed E-state index contributed by atoms with van der Waals surface area (Å²) in [6.07, 6.45) is 2.29. The van der Waals surface area contributed by atoms with Crippen molar-refractivity contribution < 1.29 is 9.47 Å². The van der Waals surface area contributed by atoms with Crippen LogP contribution in [0.4, 0.5) is 0 Å². The van der Waals surface area contributed by atoms with E-state index in [0.29, 0.717) is 12.0 Å². The molecule has 2 aliphatic heterocycles. The highest BCUT2D eigenvalue weighted by Gasteiger charge is 2.45. The summed E-state index contributed by atoms with van der Waals surface area (Å²) in [4.78, 5) is 0. The number of hydrogen-bond acceptors (Lipinski definition) is 3. The van der Waals surface area contributed by atoms with Crippen molar-refractivity contribution >= 4 is 0 Å². The summed E-state index contributed by atoms with van der Waals surface area (Å²) < 4.78 is 11.5. The zero-order valence-electron chi connectivity index (χ0n) is 11.0. The molecule has 0 aliphatic carbocycles. The third-order valence-electron chi connectivity index (χ3n) is 3.75. The SMILES string of the molecule is CC1(C)CC(NCC2CCOC2)C(C)(C)O1. The summed E-state index contributed by atoms with van der Waals surface area (Å²) in [5, 5.41) is 3.66. The van der Waals surface area contributed by atoms with Gasteiger partial charge >= 0.3 is 0 Å². The molecular weight excluding hydrogens is 202 g/mol. The summed E-state index contributed by atoms with van der Waals surface area (Å²) in [5.74, 6) is 0.694. The minimum atomic E-state index is -0.0526. The van der Waals surface area contributed by atoms with E-state index in [0.717, 1.165) is 26.2 Å². The smallest absolute Gasteiger partial charge is 0.0787 e. The first kappa shape index (κ1) is 12.3. The molecule has 0 saturated carbocycles. The summed E-state index contributed by atoms with van der Waals surface area (Å²) >= 11 is 0. The first-order valence-corrected chi connectivity index (χ1v) is 6.40. The Labute approximate surface area is 98.9 Å². The van der Waals surface area contributed by atoms with Gasteiger partial charge in [0.1, 0.15) is 0 Å². The molecule has 94 valence electrons. The van der Waals surface area contributed by atoms with Gasteiger partial charge in [0.15, 0.2) is 0 Å². The van der Waals surface area contributed by atoms with Crippen molar-refractivity contribution in [1.82, 2.24) is 5.32 Å². The molecule has 2 aliphatic rings. The summed E-state index contributed by atoms with van der Waals surface area (Å²) in [7, 11) is 0. The van der Waals surface area contributed by atoms with Gasteiger partial charge in [-0.3, -0.25) is 0 Å². The zero-order valence-corrected chi connectivity index (χ0v) is 11.0. The molecule has 2 fully saturated rings. The standard InChI is InChI=1S/C13H25NO2/c1-12(2)7-11(13(3,4)16-12)14-8-10-5-6-15-9-10/h10-11,14H,5-9H2,1-4H3. The molecule has 0 spiro atoms. The minimum absolute atomic E-state index is 0.00728. The van der Waals surface area contributed by atoms with Gasteiger partial charge in [-0.25, -0.2) is 0 Å². The van der Waals surface area contributed by atoms with Gasteiger partial charge in [0.25, 0.3) is 0 Å². The van der Waals surface area contributed by atoms with E-state index in [1.807, 2.05) is 0 Å². The van der Waals surface area contributed by atoms with E-state index in [1.165, 1.54) is 6.42 Å². The Morgan fingerprint density at radius 2 is 2.00 bits per heavy atom. The van der Waals surface area contributed by atoms with Crippen LogP contribution in [-0.4, -0.2) is 37.0 Å². The predicted molar refractivity (Wildman–Crippen MR) is 64.6 cm³/mol. The zero-order chi connectivity index (χ0) is 11.8. The van der Waals surface area contributed by atoms with Crippen molar-refractivity contribution in [3.63, 3.8) is 0 Å². The van der Waals surface area contributed by atoms with Gasteiger partial charge in [0.05, 0.1) is 17.8 Å². The third-order valence-corrected chi connectivity index (χ3v) is 3.75. The van der Waals surface area contributed by atoms with Crippen LogP contribution < -0.4 is 5.32 Å². The van der Waals surface area contributed by atoms with E-state index in [4.69, 9.17) is 9.47 Å². The molecule has 2 saturated heterocycles. The van der Waals surface area contributed by atoms with Gasteiger partial charge < -0.3 is 14.8 Å². The second kappa shape index (κ2) is 4.28. The molecule has 0 aromatic rings. The molecule has 0 radical (unpaired) electrons. The average Bonchev–Trinajstić information content (AvgIpc) is 2.67. The molecule has 0 aromatic carbocycles. The van der Waals surface area contributed by atoms with Crippen molar-refractivity contribution in [3.05, 3.63) is 0 Å². The maximum Gasteiger partial charge on any atom is 0.0787 e. The van der Waals surface area contributed by atoms with Crippen LogP contribution >= 0.6 is 0 Å². The minimum Gasteiger partial charge on any atom is -0.381 e. The van der Waals surface area contributed by atoms with Crippen LogP contribution in [0, 0.1) is 5.92 Å². The molecule has 2 atom stereocenters. The summed E-state index contributed by atoms with van der Waals surface area (Å²) in [6, 6.07) is 0.461. The molecule has 2 rings (SSSR count). The quantitative estimate of drug-likeness (QED) is 0.799. The van der Waals surface area contributed by atoms with Gasteiger partial charge in [-0.05, 0) is 46.5 Å². The second-order valence-electron chi connectivity index (χ2n) is 6.36. The maximum atomic E-state index is 6.07. The van der Waals surface area contributed by atoms with E-state index in [9.17, 15) is 0 Å². The molecule has 16 heavy (non-hydrogen) atoms. The Morgan fingerprint density at radius 1 is 1.25 bits per heavy atom. The fourth-order valence-electron chi connectivity index (χ4n) is 2.93. The first-order chi connectivity index (χ1) is 7.39. The highest BCUT2D eigenvalue weighted by Crippen LogP contribution is 2.37.